The van der Waals surface area contributed by atoms with Gasteiger partial charge in [-0.05, 0) is 24.6 Å². The molecule has 26 heavy (non-hydrogen) atoms. The number of ether oxygens (including phenoxy) is 1. The van der Waals surface area contributed by atoms with E-state index in [1.165, 1.54) is 12.1 Å². The van der Waals surface area contributed by atoms with Gasteiger partial charge in [0.25, 0.3) is 5.56 Å². The van der Waals surface area contributed by atoms with Crippen molar-refractivity contribution in [2.45, 2.75) is 17.9 Å². The van der Waals surface area contributed by atoms with Crippen molar-refractivity contribution in [3.8, 4) is 11.3 Å². The number of nitrogens with zero attached hydrogens (tertiary/aromatic N) is 2. The second kappa shape index (κ2) is 6.35. The molecule has 1 fully saturated rings. The summed E-state index contributed by atoms with van der Waals surface area (Å²) in [5, 5.41) is 10.3. The van der Waals surface area contributed by atoms with Gasteiger partial charge < -0.3 is 9.72 Å². The molecule has 0 bridgehead atoms. The minimum Gasteiger partial charge on any atom is -0.381 e. The summed E-state index contributed by atoms with van der Waals surface area (Å²) in [6.07, 6.45) is 2.56. The summed E-state index contributed by atoms with van der Waals surface area (Å²) < 4.78 is 30.1. The molecule has 1 aliphatic rings. The van der Waals surface area contributed by atoms with Gasteiger partial charge in [0.1, 0.15) is 5.69 Å². The van der Waals surface area contributed by atoms with Crippen LogP contribution in [0.1, 0.15) is 6.42 Å². The number of pyridine rings is 1. The number of aromatic amines is 1. The number of hydrogen-bond acceptors (Lipinski definition) is 5. The molecule has 3 aromatic rings. The van der Waals surface area contributed by atoms with E-state index in [4.69, 9.17) is 9.88 Å². The fourth-order valence-corrected chi connectivity index (χ4v) is 3.77. The van der Waals surface area contributed by atoms with Crippen molar-refractivity contribution in [1.29, 1.82) is 0 Å². The summed E-state index contributed by atoms with van der Waals surface area (Å²) in [4.78, 5) is 15.1. The maximum Gasteiger partial charge on any atom is 0.259 e. The molecule has 1 atom stereocenters. The number of H-pyrrole nitrogens is 1. The Balaban J connectivity index is 1.83. The first-order valence-electron chi connectivity index (χ1n) is 8.22. The second-order valence-corrected chi connectivity index (χ2v) is 7.96. The van der Waals surface area contributed by atoms with Crippen molar-refractivity contribution in [1.82, 2.24) is 14.8 Å². The van der Waals surface area contributed by atoms with Crippen molar-refractivity contribution in [3.63, 3.8) is 0 Å². The van der Waals surface area contributed by atoms with Gasteiger partial charge in [-0.25, -0.2) is 13.6 Å². The average molecular weight is 374 g/mol. The lowest BCUT2D eigenvalue weighted by Gasteiger charge is -2.08. The number of sulfonamides is 1. The van der Waals surface area contributed by atoms with Gasteiger partial charge >= 0.3 is 0 Å². The molecule has 1 aromatic carbocycles. The minimum atomic E-state index is -3.77. The van der Waals surface area contributed by atoms with Crippen LogP contribution in [0.25, 0.3) is 22.2 Å². The van der Waals surface area contributed by atoms with E-state index < -0.39 is 10.0 Å². The summed E-state index contributed by atoms with van der Waals surface area (Å²) in [6, 6.07) is 7.87. The topological polar surface area (TPSA) is 120 Å². The van der Waals surface area contributed by atoms with Gasteiger partial charge in [0.05, 0.1) is 22.4 Å². The molecule has 8 nitrogen and oxygen atoms in total. The summed E-state index contributed by atoms with van der Waals surface area (Å²) >= 11 is 0. The van der Waals surface area contributed by atoms with Gasteiger partial charge in [0.15, 0.2) is 0 Å². The van der Waals surface area contributed by atoms with Gasteiger partial charge in [0.2, 0.25) is 10.0 Å². The second-order valence-electron chi connectivity index (χ2n) is 6.40. The van der Waals surface area contributed by atoms with Gasteiger partial charge in [-0.2, -0.15) is 5.10 Å². The number of hydrogen-bond donors (Lipinski definition) is 2. The smallest absolute Gasteiger partial charge is 0.259 e. The molecule has 0 aliphatic carbocycles. The van der Waals surface area contributed by atoms with E-state index in [0.29, 0.717) is 35.7 Å². The Morgan fingerprint density at radius 3 is 2.69 bits per heavy atom. The number of aromatic nitrogens is 3. The maximum absolute atomic E-state index is 12.4. The number of benzene rings is 1. The number of primary sulfonamides is 1. The Labute approximate surface area is 149 Å². The predicted octanol–water partition coefficient (Wildman–Crippen LogP) is 1.08. The Kier molecular flexibility index (Phi) is 4.14. The van der Waals surface area contributed by atoms with Crippen LogP contribution in [-0.4, -0.2) is 36.4 Å². The molecule has 3 N–H and O–H groups in total. The zero-order chi connectivity index (χ0) is 18.3. The summed E-state index contributed by atoms with van der Waals surface area (Å²) in [7, 11) is -3.77. The molecule has 1 unspecified atom stereocenters. The fraction of sp³-hybridized carbons (Fsp3) is 0.294. The number of nitrogens with one attached hydrogen (secondary N) is 1. The summed E-state index contributed by atoms with van der Waals surface area (Å²) in [5.74, 6) is 0.356. The molecular formula is C17H18N4O4S. The highest BCUT2D eigenvalue weighted by atomic mass is 32.2. The molecule has 1 saturated heterocycles. The lowest BCUT2D eigenvalue weighted by atomic mass is 10.1. The van der Waals surface area contributed by atoms with Crippen LogP contribution in [-0.2, 0) is 21.3 Å². The van der Waals surface area contributed by atoms with Crippen LogP contribution in [0, 0.1) is 5.92 Å². The third kappa shape index (κ3) is 3.05. The van der Waals surface area contributed by atoms with Gasteiger partial charge in [-0.1, -0.05) is 12.1 Å². The van der Waals surface area contributed by atoms with Gasteiger partial charge in [0, 0.05) is 30.8 Å². The molecule has 9 heteroatoms. The lowest BCUT2D eigenvalue weighted by molar-refractivity contribution is 0.182. The van der Waals surface area contributed by atoms with Crippen LogP contribution in [0.2, 0.25) is 0 Å². The first-order chi connectivity index (χ1) is 12.4. The number of nitrogens with two attached hydrogens (primary N) is 1. The van der Waals surface area contributed by atoms with Gasteiger partial charge in [-0.15, -0.1) is 0 Å². The zero-order valence-corrected chi connectivity index (χ0v) is 14.7. The Bertz CT molecular complexity index is 1110. The van der Waals surface area contributed by atoms with Crippen molar-refractivity contribution in [2.75, 3.05) is 13.2 Å². The van der Waals surface area contributed by atoms with E-state index in [0.717, 1.165) is 18.5 Å². The van der Waals surface area contributed by atoms with Crippen LogP contribution < -0.4 is 10.7 Å². The molecule has 136 valence electrons. The minimum absolute atomic E-state index is 0.0157. The molecule has 3 heterocycles. The highest BCUT2D eigenvalue weighted by Gasteiger charge is 2.21. The van der Waals surface area contributed by atoms with E-state index in [-0.39, 0.29) is 10.5 Å². The van der Waals surface area contributed by atoms with E-state index in [1.54, 1.807) is 18.3 Å². The van der Waals surface area contributed by atoms with Gasteiger partial charge in [-0.3, -0.25) is 9.48 Å². The largest absolute Gasteiger partial charge is 0.381 e. The number of rotatable bonds is 4. The zero-order valence-electron chi connectivity index (χ0n) is 13.9. The molecular weight excluding hydrogens is 356 g/mol. The van der Waals surface area contributed by atoms with E-state index in [2.05, 4.69) is 10.1 Å². The quantitative estimate of drug-likeness (QED) is 0.708. The summed E-state index contributed by atoms with van der Waals surface area (Å²) in [6.45, 7) is 2.09. The van der Waals surface area contributed by atoms with Crippen molar-refractivity contribution < 1.29 is 13.2 Å². The van der Waals surface area contributed by atoms with Crippen LogP contribution in [0.3, 0.4) is 0 Å². The third-order valence-corrected chi connectivity index (χ3v) is 5.52. The van der Waals surface area contributed by atoms with Crippen molar-refractivity contribution in [3.05, 3.63) is 46.9 Å². The number of fused-ring (bicyclic) bond motifs is 1. The van der Waals surface area contributed by atoms with E-state index in [1.807, 2.05) is 10.7 Å². The standard InChI is InChI=1S/C17H18N4O4S/c18-26(23,24)13-3-1-12(2-4-13)16-15-14(5-7-19-17(15)22)21(20-16)9-11-6-8-25-10-11/h1-5,7,11H,6,8-10H2,(H,19,22)(H2,18,23,24). The van der Waals surface area contributed by atoms with Crippen LogP contribution >= 0.6 is 0 Å². The molecule has 1 aliphatic heterocycles. The van der Waals surface area contributed by atoms with Crippen molar-refractivity contribution in [2.24, 2.45) is 11.1 Å². The third-order valence-electron chi connectivity index (χ3n) is 4.59. The SMILES string of the molecule is NS(=O)(=O)c1ccc(-c2nn(CC3CCOC3)c3cc[nH]c(=O)c23)cc1. The Morgan fingerprint density at radius 1 is 1.27 bits per heavy atom. The Hall–Kier alpha value is -2.49. The molecule has 2 aromatic heterocycles. The first kappa shape index (κ1) is 17.0. The predicted molar refractivity (Wildman–Crippen MR) is 96.1 cm³/mol. The van der Waals surface area contributed by atoms with E-state index in [9.17, 15) is 13.2 Å². The molecule has 0 radical (unpaired) electrons. The van der Waals surface area contributed by atoms with E-state index >= 15 is 0 Å². The molecule has 0 spiro atoms. The van der Waals surface area contributed by atoms with Crippen molar-refractivity contribution >= 4 is 20.9 Å². The fourth-order valence-electron chi connectivity index (χ4n) is 3.25. The molecule has 4 rings (SSSR count). The lowest BCUT2D eigenvalue weighted by Crippen LogP contribution is -2.12. The maximum atomic E-state index is 12.4. The van der Waals surface area contributed by atoms with Crippen LogP contribution in [0.4, 0.5) is 0 Å². The monoisotopic (exact) mass is 374 g/mol. The highest BCUT2D eigenvalue weighted by Crippen LogP contribution is 2.27. The van der Waals surface area contributed by atoms with Crippen LogP contribution in [0.5, 0.6) is 0 Å². The Morgan fingerprint density at radius 2 is 2.04 bits per heavy atom. The highest BCUT2D eigenvalue weighted by molar-refractivity contribution is 7.89. The molecule has 0 amide bonds. The summed E-state index contributed by atoms with van der Waals surface area (Å²) in [5.41, 5.74) is 1.68. The molecule has 0 saturated carbocycles. The normalized spacial score (nSPS) is 17.8. The first-order valence-corrected chi connectivity index (χ1v) is 9.77. The average Bonchev–Trinajstić information content (AvgIpc) is 3.24. The van der Waals surface area contributed by atoms with Crippen LogP contribution in [0.15, 0.2) is 46.2 Å².